The first-order valence-electron chi connectivity index (χ1n) is 15.5. The molecule has 1 aliphatic heterocycles. The molecule has 232 valence electrons. The van der Waals surface area contributed by atoms with Crippen LogP contribution >= 0.6 is 0 Å². The first kappa shape index (κ1) is 31.2. The van der Waals surface area contributed by atoms with Gasteiger partial charge in [-0.25, -0.2) is 9.59 Å². The van der Waals surface area contributed by atoms with Crippen molar-refractivity contribution in [2.45, 2.75) is 76.9 Å². The van der Waals surface area contributed by atoms with Crippen molar-refractivity contribution in [2.24, 2.45) is 5.73 Å². The number of benzene rings is 2. The normalized spacial score (nSPS) is 17.4. The fraction of sp³-hybridized carbons (Fsp3) is 0.412. The van der Waals surface area contributed by atoms with Gasteiger partial charge in [0.2, 0.25) is 0 Å². The number of rotatable bonds is 11. The Balaban J connectivity index is 1.35. The van der Waals surface area contributed by atoms with Gasteiger partial charge in [-0.3, -0.25) is 9.98 Å². The molecule has 4 aromatic rings. The number of hydrogen-bond donors (Lipinski definition) is 5. The van der Waals surface area contributed by atoms with Crippen molar-refractivity contribution in [3.63, 3.8) is 0 Å². The van der Waals surface area contributed by atoms with E-state index in [1.807, 2.05) is 43.5 Å². The topological polar surface area (TPSA) is 151 Å². The second-order valence-electron chi connectivity index (χ2n) is 11.9. The number of H-pyrrole nitrogens is 1. The van der Waals surface area contributed by atoms with Gasteiger partial charge in [0.05, 0.1) is 24.2 Å². The van der Waals surface area contributed by atoms with Crippen molar-refractivity contribution in [3.8, 4) is 16.9 Å². The lowest BCUT2D eigenvalue weighted by atomic mass is 9.92. The van der Waals surface area contributed by atoms with E-state index in [2.05, 4.69) is 32.7 Å². The molecule has 1 aliphatic rings. The summed E-state index contributed by atoms with van der Waals surface area (Å²) in [5.74, 6) is 0.137. The monoisotopic (exact) mass is 597 g/mol. The summed E-state index contributed by atoms with van der Waals surface area (Å²) in [5.41, 5.74) is 11.2. The Morgan fingerprint density at radius 2 is 2.00 bits per heavy atom. The van der Waals surface area contributed by atoms with Gasteiger partial charge < -0.3 is 26.1 Å². The molecular weight excluding hydrogens is 554 g/mol. The molecule has 0 aliphatic carbocycles. The number of nitrogens with one attached hydrogen (secondary N) is 4. The summed E-state index contributed by atoms with van der Waals surface area (Å²) >= 11 is 0. The second kappa shape index (κ2) is 14.0. The number of nitrogens with two attached hydrogens (primary N) is 1. The highest BCUT2D eigenvalue weighted by molar-refractivity contribution is 5.92. The molecule has 0 bridgehead atoms. The van der Waals surface area contributed by atoms with Crippen LogP contribution in [0, 0.1) is 5.41 Å². The van der Waals surface area contributed by atoms with E-state index >= 15 is 0 Å². The molecule has 3 atom stereocenters. The number of carbonyl (C=O) groups is 1. The zero-order valence-electron chi connectivity index (χ0n) is 25.8. The fourth-order valence-electron chi connectivity index (χ4n) is 6.04. The van der Waals surface area contributed by atoms with Crippen LogP contribution in [0.4, 0.5) is 0 Å². The minimum Gasteiger partial charge on any atom is -0.465 e. The van der Waals surface area contributed by atoms with Crippen molar-refractivity contribution in [2.75, 3.05) is 13.7 Å². The Hall–Kier alpha value is -4.28. The maximum Gasteiger partial charge on any atom is 0.354 e. The van der Waals surface area contributed by atoms with Gasteiger partial charge in [0.25, 0.3) is 0 Å². The summed E-state index contributed by atoms with van der Waals surface area (Å²) in [6.45, 7) is 4.54. The van der Waals surface area contributed by atoms with Gasteiger partial charge in [-0.2, -0.15) is 4.98 Å². The van der Waals surface area contributed by atoms with Crippen LogP contribution in [0.1, 0.15) is 79.9 Å². The Bertz CT molecular complexity index is 1670. The minimum absolute atomic E-state index is 0.0934. The molecule has 0 spiro atoms. The van der Waals surface area contributed by atoms with Crippen LogP contribution in [0.15, 0.2) is 59.5 Å². The van der Waals surface area contributed by atoms with Gasteiger partial charge in [0.1, 0.15) is 5.65 Å². The lowest BCUT2D eigenvalue weighted by Crippen LogP contribution is -2.39. The quantitative estimate of drug-likeness (QED) is 0.0928. The minimum atomic E-state index is -0.362. The van der Waals surface area contributed by atoms with Gasteiger partial charge in [-0.1, -0.05) is 24.6 Å². The molecular formula is C34H43N7O3. The lowest BCUT2D eigenvalue weighted by Gasteiger charge is -2.31. The highest BCUT2D eigenvalue weighted by atomic mass is 16.5. The molecule has 0 unspecified atom stereocenters. The predicted molar refractivity (Wildman–Crippen MR) is 175 cm³/mol. The second-order valence-corrected chi connectivity index (χ2v) is 11.9. The summed E-state index contributed by atoms with van der Waals surface area (Å²) in [6, 6.07) is 16.6. The fourth-order valence-corrected chi connectivity index (χ4v) is 6.04. The van der Waals surface area contributed by atoms with Crippen LogP contribution in [-0.2, 0) is 11.2 Å². The molecule has 0 radical (unpaired) electrons. The lowest BCUT2D eigenvalue weighted by molar-refractivity contribution is 0.0599. The van der Waals surface area contributed by atoms with Crippen molar-refractivity contribution in [1.29, 1.82) is 5.41 Å². The molecule has 10 heteroatoms. The number of piperidine rings is 1. The number of nitrogens with zero attached hydrogens (tertiary/aromatic N) is 2. The summed E-state index contributed by atoms with van der Waals surface area (Å²) in [5, 5.41) is 15.2. The third-order valence-corrected chi connectivity index (χ3v) is 8.37. The van der Waals surface area contributed by atoms with Gasteiger partial charge >= 0.3 is 11.7 Å². The molecule has 3 heterocycles. The number of aromatic nitrogens is 3. The van der Waals surface area contributed by atoms with Crippen LogP contribution in [0.3, 0.4) is 0 Å². The first-order valence-corrected chi connectivity index (χ1v) is 15.5. The highest BCUT2D eigenvalue weighted by Crippen LogP contribution is 2.29. The third kappa shape index (κ3) is 7.43. The van der Waals surface area contributed by atoms with E-state index in [4.69, 9.17) is 15.9 Å². The highest BCUT2D eigenvalue weighted by Gasteiger charge is 2.22. The zero-order valence-corrected chi connectivity index (χ0v) is 25.8. The number of carbonyl (C=O) groups excluding carboxylic acids is 1. The molecule has 0 amide bonds. The molecule has 44 heavy (non-hydrogen) atoms. The molecule has 1 saturated heterocycles. The van der Waals surface area contributed by atoms with E-state index in [1.165, 1.54) is 12.7 Å². The molecule has 2 aromatic carbocycles. The molecule has 1 fully saturated rings. The summed E-state index contributed by atoms with van der Waals surface area (Å²) in [4.78, 5) is 33.1. The average molecular weight is 598 g/mol. The average Bonchev–Trinajstić information content (AvgIpc) is 3.43. The van der Waals surface area contributed by atoms with Crippen molar-refractivity contribution in [3.05, 3.63) is 81.9 Å². The predicted octanol–water partition coefficient (Wildman–Crippen LogP) is 5.00. The Labute approximate surface area is 257 Å². The van der Waals surface area contributed by atoms with Crippen LogP contribution < -0.4 is 22.1 Å². The number of fused-ring (bicyclic) bond motifs is 1. The number of aryl methyl sites for hydroxylation is 1. The van der Waals surface area contributed by atoms with Crippen molar-refractivity contribution >= 4 is 22.8 Å². The van der Waals surface area contributed by atoms with Gasteiger partial charge in [0.15, 0.2) is 0 Å². The van der Waals surface area contributed by atoms with Gasteiger partial charge in [-0.05, 0) is 99.4 Å². The van der Waals surface area contributed by atoms with E-state index in [1.54, 1.807) is 17.6 Å². The number of hydrogen-bond acceptors (Lipinski definition) is 7. The number of ether oxygens (including phenoxy) is 1. The summed E-state index contributed by atoms with van der Waals surface area (Å²) < 4.78 is 6.58. The molecule has 5 rings (SSSR count). The molecule has 6 N–H and O–H groups in total. The first-order chi connectivity index (χ1) is 21.2. The van der Waals surface area contributed by atoms with Crippen LogP contribution in [0.25, 0.3) is 28.0 Å². The maximum absolute atomic E-state index is 13.1. The maximum atomic E-state index is 13.1. The van der Waals surface area contributed by atoms with Crippen LogP contribution in [0.5, 0.6) is 0 Å². The Kier molecular flexibility index (Phi) is 9.92. The zero-order chi connectivity index (χ0) is 31.2. The molecule has 0 saturated carbocycles. The van der Waals surface area contributed by atoms with Crippen LogP contribution in [-0.4, -0.2) is 52.1 Å². The van der Waals surface area contributed by atoms with E-state index in [9.17, 15) is 9.59 Å². The van der Waals surface area contributed by atoms with Crippen molar-refractivity contribution < 1.29 is 9.53 Å². The molecule has 2 aromatic heterocycles. The van der Waals surface area contributed by atoms with E-state index in [0.717, 1.165) is 73.0 Å². The Morgan fingerprint density at radius 1 is 1.20 bits per heavy atom. The van der Waals surface area contributed by atoms with Gasteiger partial charge in [-0.15, -0.1) is 0 Å². The summed E-state index contributed by atoms with van der Waals surface area (Å²) in [6.07, 6.45) is 8.58. The van der Waals surface area contributed by atoms with E-state index in [0.29, 0.717) is 29.5 Å². The number of aromatic amines is 1. The number of methoxy groups -OCH3 is 1. The van der Waals surface area contributed by atoms with E-state index in [-0.39, 0.29) is 23.7 Å². The Morgan fingerprint density at radius 3 is 2.73 bits per heavy atom. The molecule has 10 nitrogen and oxygen atoms in total. The van der Waals surface area contributed by atoms with Crippen LogP contribution in [0.2, 0.25) is 0 Å². The SMILES string of the molecule is COC(=O)c1ccc(-c2cc3cn(-c4ccc([C@@H]5CCC[C@@H](CCNC(C)=N)N5)cc4)c(=O)nc3[nH]2)cc1CCC[C@H](C)N. The largest absolute Gasteiger partial charge is 0.465 e. The van der Waals surface area contributed by atoms with Crippen molar-refractivity contribution in [1.82, 2.24) is 25.2 Å². The summed E-state index contributed by atoms with van der Waals surface area (Å²) in [7, 11) is 1.39. The third-order valence-electron chi connectivity index (χ3n) is 8.37. The smallest absolute Gasteiger partial charge is 0.354 e. The standard InChI is InChI=1S/C34H43N7O3/c1-21(35)6-4-7-24-18-25(12-15-29(24)33(42)44-3)31-19-26-20-41(34(43)40-32(26)39-31)28-13-10-23(11-14-28)30-9-5-8-27(38-30)16-17-37-22(2)36/h10-15,18-21,27,30,38H,4-9,16-17,35H2,1-3H3,(H2,36,37)(H,39,40,43)/t21-,27-,30-/m0/s1. The van der Waals surface area contributed by atoms with Gasteiger partial charge in [0, 0.05) is 41.9 Å². The number of esters is 1. The number of amidine groups is 1. The van der Waals surface area contributed by atoms with E-state index < -0.39 is 0 Å².